The molecule has 0 aromatic heterocycles. The predicted octanol–water partition coefficient (Wildman–Crippen LogP) is 4.04. The molecule has 6 nitrogen and oxygen atoms in total. The van der Waals surface area contributed by atoms with Gasteiger partial charge in [0.1, 0.15) is 0 Å². The number of carbonyl (C=O) groups excluding carboxylic acids is 2. The number of rotatable bonds is 6. The third kappa shape index (κ3) is 4.74. The molecule has 3 aromatic rings. The molecule has 0 unspecified atom stereocenters. The number of carbonyl (C=O) groups is 2. The van der Waals surface area contributed by atoms with Crippen molar-refractivity contribution >= 4 is 23.2 Å². The van der Waals surface area contributed by atoms with E-state index in [1.54, 1.807) is 0 Å². The van der Waals surface area contributed by atoms with Gasteiger partial charge in [-0.3, -0.25) is 31.3 Å². The lowest BCUT2D eigenvalue weighted by atomic mass is 10.1. The molecule has 0 fully saturated rings. The van der Waals surface area contributed by atoms with Crippen LogP contribution in [-0.2, 0) is 0 Å². The molecule has 12 heteroatoms. The molecule has 0 aliphatic heterocycles. The number of nitrogens with one attached hydrogen (secondary N) is 4. The summed E-state index contributed by atoms with van der Waals surface area (Å²) < 4.78 is 79.4. The van der Waals surface area contributed by atoms with Crippen LogP contribution in [0.4, 0.5) is 37.7 Å². The second-order valence-corrected chi connectivity index (χ2v) is 6.18. The minimum absolute atomic E-state index is 0.0108. The molecule has 0 heterocycles. The van der Waals surface area contributed by atoms with Crippen LogP contribution in [0.5, 0.6) is 0 Å². The van der Waals surface area contributed by atoms with E-state index < -0.39 is 58.1 Å². The van der Waals surface area contributed by atoms with Crippen LogP contribution in [0.2, 0.25) is 0 Å². The van der Waals surface area contributed by atoms with E-state index in [1.165, 1.54) is 24.3 Å². The van der Waals surface area contributed by atoms with Crippen LogP contribution in [0.15, 0.2) is 48.5 Å². The Labute approximate surface area is 176 Å². The average molecular weight is 454 g/mol. The van der Waals surface area contributed by atoms with Gasteiger partial charge < -0.3 is 0 Å². The van der Waals surface area contributed by atoms with Crippen LogP contribution in [0, 0.1) is 34.9 Å². The minimum atomic E-state index is -1.71. The highest BCUT2D eigenvalue weighted by Crippen LogP contribution is 2.20. The molecule has 3 aromatic carbocycles. The number of amides is 2. The SMILES string of the molecule is O=C(NNc1ccc(F)c(F)c1F)c1ccc(C(=O)NNc2ccc(F)c(F)c2F)cc1. The van der Waals surface area contributed by atoms with Crippen molar-refractivity contribution in [1.82, 2.24) is 10.9 Å². The molecule has 4 N–H and O–H groups in total. The van der Waals surface area contributed by atoms with Crippen LogP contribution in [0.3, 0.4) is 0 Å². The van der Waals surface area contributed by atoms with Gasteiger partial charge in [0.2, 0.25) is 0 Å². The number of hydrogen-bond donors (Lipinski definition) is 4. The molecule has 0 saturated heterocycles. The third-order valence-corrected chi connectivity index (χ3v) is 4.10. The van der Waals surface area contributed by atoms with E-state index in [2.05, 4.69) is 21.7 Å². The van der Waals surface area contributed by atoms with E-state index in [0.29, 0.717) is 12.1 Å². The van der Waals surface area contributed by atoms with Crippen LogP contribution in [0.1, 0.15) is 20.7 Å². The largest absolute Gasteiger partial charge is 0.295 e. The lowest BCUT2D eigenvalue weighted by Crippen LogP contribution is -2.31. The fraction of sp³-hybridized carbons (Fsp3) is 0. The van der Waals surface area contributed by atoms with E-state index >= 15 is 0 Å². The summed E-state index contributed by atoms with van der Waals surface area (Å²) in [5, 5.41) is 0. The molecular formula is C20H12F6N4O2. The molecule has 0 bridgehead atoms. The van der Waals surface area contributed by atoms with Gasteiger partial charge in [-0.1, -0.05) is 0 Å². The molecule has 0 radical (unpaired) electrons. The van der Waals surface area contributed by atoms with Crippen molar-refractivity contribution in [3.05, 3.63) is 94.6 Å². The molecular weight excluding hydrogens is 442 g/mol. The molecule has 0 aliphatic rings. The van der Waals surface area contributed by atoms with Crippen molar-refractivity contribution in [2.45, 2.75) is 0 Å². The van der Waals surface area contributed by atoms with Gasteiger partial charge in [0, 0.05) is 11.1 Å². The lowest BCUT2D eigenvalue weighted by Gasteiger charge is -2.11. The fourth-order valence-corrected chi connectivity index (χ4v) is 2.41. The molecule has 0 saturated carbocycles. The number of benzene rings is 3. The van der Waals surface area contributed by atoms with Gasteiger partial charge >= 0.3 is 0 Å². The molecule has 0 aliphatic carbocycles. The summed E-state index contributed by atoms with van der Waals surface area (Å²) >= 11 is 0. The summed E-state index contributed by atoms with van der Waals surface area (Å²) in [5.74, 6) is -10.8. The van der Waals surface area contributed by atoms with Crippen LogP contribution in [0.25, 0.3) is 0 Å². The zero-order valence-corrected chi connectivity index (χ0v) is 15.7. The molecule has 166 valence electrons. The van der Waals surface area contributed by atoms with Crippen LogP contribution >= 0.6 is 0 Å². The van der Waals surface area contributed by atoms with Gasteiger partial charge in [0.15, 0.2) is 34.9 Å². The maximum atomic E-state index is 13.6. The van der Waals surface area contributed by atoms with Gasteiger partial charge in [0.25, 0.3) is 11.8 Å². The Morgan fingerprint density at radius 1 is 0.500 bits per heavy atom. The first kappa shape index (κ1) is 22.5. The van der Waals surface area contributed by atoms with Crippen molar-refractivity contribution < 1.29 is 35.9 Å². The van der Waals surface area contributed by atoms with Gasteiger partial charge in [-0.2, -0.15) is 0 Å². The highest BCUT2D eigenvalue weighted by Gasteiger charge is 2.16. The van der Waals surface area contributed by atoms with Crippen molar-refractivity contribution in [2.75, 3.05) is 10.9 Å². The van der Waals surface area contributed by atoms with E-state index in [-0.39, 0.29) is 11.1 Å². The molecule has 32 heavy (non-hydrogen) atoms. The second kappa shape index (κ2) is 9.29. The average Bonchev–Trinajstić information content (AvgIpc) is 2.80. The molecule has 0 spiro atoms. The van der Waals surface area contributed by atoms with E-state index in [0.717, 1.165) is 12.1 Å². The lowest BCUT2D eigenvalue weighted by molar-refractivity contribution is 0.0950. The number of anilines is 2. The first-order valence-electron chi connectivity index (χ1n) is 8.68. The molecule has 3 rings (SSSR count). The minimum Gasteiger partial charge on any atom is -0.295 e. The van der Waals surface area contributed by atoms with Crippen LogP contribution < -0.4 is 21.7 Å². The molecule has 0 atom stereocenters. The van der Waals surface area contributed by atoms with E-state index in [4.69, 9.17) is 0 Å². The topological polar surface area (TPSA) is 82.3 Å². The van der Waals surface area contributed by atoms with Gasteiger partial charge in [-0.15, -0.1) is 0 Å². The monoisotopic (exact) mass is 454 g/mol. The zero-order chi connectivity index (χ0) is 23.4. The van der Waals surface area contributed by atoms with Crippen molar-refractivity contribution in [3.63, 3.8) is 0 Å². The normalized spacial score (nSPS) is 10.4. The summed E-state index contributed by atoms with van der Waals surface area (Å²) in [7, 11) is 0. The maximum absolute atomic E-state index is 13.6. The number of halogens is 6. The van der Waals surface area contributed by atoms with Crippen molar-refractivity contribution in [3.8, 4) is 0 Å². The zero-order valence-electron chi connectivity index (χ0n) is 15.7. The highest BCUT2D eigenvalue weighted by molar-refractivity contribution is 5.98. The summed E-state index contributed by atoms with van der Waals surface area (Å²) in [4.78, 5) is 24.2. The van der Waals surface area contributed by atoms with E-state index in [1.807, 2.05) is 0 Å². The quantitative estimate of drug-likeness (QED) is 0.258. The van der Waals surface area contributed by atoms with Gasteiger partial charge in [0.05, 0.1) is 11.4 Å². The maximum Gasteiger partial charge on any atom is 0.269 e. The standard InChI is InChI=1S/C20H12F6N4O2/c21-11-5-7-13(17(25)15(11)23)27-29-19(31)9-1-2-10(4-3-9)20(32)30-28-14-8-6-12(22)16(24)18(14)26/h1-8,27-28H,(H,29,31)(H,30,32). The Kier molecular flexibility index (Phi) is 6.52. The van der Waals surface area contributed by atoms with Crippen molar-refractivity contribution in [2.24, 2.45) is 0 Å². The van der Waals surface area contributed by atoms with Crippen molar-refractivity contribution in [1.29, 1.82) is 0 Å². The van der Waals surface area contributed by atoms with Gasteiger partial charge in [-0.05, 0) is 48.5 Å². The summed E-state index contributed by atoms with van der Waals surface area (Å²) in [6, 6.07) is 7.95. The highest BCUT2D eigenvalue weighted by atomic mass is 19.2. The number of hydrogen-bond acceptors (Lipinski definition) is 4. The summed E-state index contributed by atoms with van der Waals surface area (Å²) in [6.45, 7) is 0. The first-order valence-corrected chi connectivity index (χ1v) is 8.68. The second-order valence-electron chi connectivity index (χ2n) is 6.18. The Bertz CT molecular complexity index is 1100. The Morgan fingerprint density at radius 3 is 1.19 bits per heavy atom. The first-order chi connectivity index (χ1) is 15.2. The number of hydrazine groups is 2. The van der Waals surface area contributed by atoms with Crippen LogP contribution in [-0.4, -0.2) is 11.8 Å². The molecule has 2 amide bonds. The third-order valence-electron chi connectivity index (χ3n) is 4.10. The fourth-order valence-electron chi connectivity index (χ4n) is 2.41. The Balaban J connectivity index is 1.59. The van der Waals surface area contributed by atoms with E-state index in [9.17, 15) is 35.9 Å². The van der Waals surface area contributed by atoms with Gasteiger partial charge in [-0.25, -0.2) is 26.3 Å². The Hall–Kier alpha value is -4.22. The summed E-state index contributed by atoms with van der Waals surface area (Å²) in [5.41, 5.74) is 7.36. The Morgan fingerprint density at radius 2 is 0.844 bits per heavy atom. The smallest absolute Gasteiger partial charge is 0.269 e. The predicted molar refractivity (Wildman–Crippen MR) is 101 cm³/mol. The summed E-state index contributed by atoms with van der Waals surface area (Å²) in [6.07, 6.45) is 0.